The minimum atomic E-state index is -1.26. The van der Waals surface area contributed by atoms with Crippen molar-refractivity contribution in [3.05, 3.63) is 58.4 Å². The Morgan fingerprint density at radius 1 is 1.19 bits per heavy atom. The first-order chi connectivity index (χ1) is 12.7. The fraction of sp³-hybridized carbons (Fsp3) is 0.263. The summed E-state index contributed by atoms with van der Waals surface area (Å²) in [5.74, 6) is 0.299. The maximum absolute atomic E-state index is 12.7. The lowest BCUT2D eigenvalue weighted by atomic mass is 10.0. The third kappa shape index (κ3) is 3.79. The van der Waals surface area contributed by atoms with Crippen molar-refractivity contribution in [2.75, 3.05) is 17.2 Å². The second-order valence-corrected chi connectivity index (χ2v) is 9.39. The van der Waals surface area contributed by atoms with Gasteiger partial charge < -0.3 is 4.90 Å². The van der Waals surface area contributed by atoms with Crippen LogP contribution >= 0.6 is 22.7 Å². The standard InChI is InChI=1S/C19H18N2O2S3/c22-18(21-9-3-6-14-5-1-2-7-16(14)21)13-26(23)12-15-11-25-19(20-15)17-8-4-10-24-17/h1-2,4-5,7-8,10-11H,3,6,9,12-13H2/t26-/m0/s1. The SMILES string of the molecule is O=C(C[S@@](=O)Cc1csc(-c2cccs2)n1)N1CCCc2ccccc21. The number of anilines is 1. The third-order valence-corrected chi connectivity index (χ3v) is 7.41. The van der Waals surface area contributed by atoms with Gasteiger partial charge in [0.1, 0.15) is 10.8 Å². The van der Waals surface area contributed by atoms with Gasteiger partial charge >= 0.3 is 0 Å². The van der Waals surface area contributed by atoms with Crippen molar-refractivity contribution in [3.8, 4) is 9.88 Å². The second-order valence-electron chi connectivity index (χ2n) is 6.13. The summed E-state index contributed by atoms with van der Waals surface area (Å²) in [5, 5.41) is 4.90. The number of thiazole rings is 1. The van der Waals surface area contributed by atoms with Gasteiger partial charge in [0.2, 0.25) is 5.91 Å². The zero-order chi connectivity index (χ0) is 17.9. The number of rotatable bonds is 5. The van der Waals surface area contributed by atoms with Gasteiger partial charge in [-0.2, -0.15) is 0 Å². The second kappa shape index (κ2) is 7.82. The van der Waals surface area contributed by atoms with Crippen LogP contribution in [0, 0.1) is 0 Å². The Balaban J connectivity index is 1.40. The summed E-state index contributed by atoms with van der Waals surface area (Å²) >= 11 is 3.20. The van der Waals surface area contributed by atoms with Crippen molar-refractivity contribution >= 4 is 45.1 Å². The molecule has 7 heteroatoms. The maximum atomic E-state index is 12.7. The van der Waals surface area contributed by atoms with Crippen LogP contribution < -0.4 is 4.90 Å². The van der Waals surface area contributed by atoms with Gasteiger partial charge in [0.15, 0.2) is 0 Å². The molecule has 3 aromatic rings. The third-order valence-electron chi connectivity index (χ3n) is 4.29. The number of fused-ring (bicyclic) bond motifs is 1. The number of aryl methyl sites for hydroxylation is 1. The molecule has 0 aliphatic carbocycles. The van der Waals surface area contributed by atoms with E-state index in [0.717, 1.165) is 34.1 Å². The number of amides is 1. The van der Waals surface area contributed by atoms with Gasteiger partial charge in [0.25, 0.3) is 0 Å². The van der Waals surface area contributed by atoms with Crippen molar-refractivity contribution in [2.45, 2.75) is 18.6 Å². The van der Waals surface area contributed by atoms with Crippen molar-refractivity contribution in [1.29, 1.82) is 0 Å². The van der Waals surface area contributed by atoms with Gasteiger partial charge in [0.05, 0.1) is 16.3 Å². The number of hydrogen-bond acceptors (Lipinski definition) is 5. The first kappa shape index (κ1) is 17.6. The molecular formula is C19H18N2O2S3. The molecule has 0 unspecified atom stereocenters. The molecule has 0 radical (unpaired) electrons. The van der Waals surface area contributed by atoms with E-state index in [4.69, 9.17) is 0 Å². The minimum absolute atomic E-state index is 0.0419. The van der Waals surface area contributed by atoms with Gasteiger partial charge in [-0.15, -0.1) is 22.7 Å². The van der Waals surface area contributed by atoms with Crippen LogP contribution in [0.4, 0.5) is 5.69 Å². The normalized spacial score (nSPS) is 14.8. The topological polar surface area (TPSA) is 50.3 Å². The van der Waals surface area contributed by atoms with Gasteiger partial charge in [-0.05, 0) is 35.9 Å². The summed E-state index contributed by atoms with van der Waals surface area (Å²) in [6, 6.07) is 12.0. The van der Waals surface area contributed by atoms with Crippen LogP contribution in [0.15, 0.2) is 47.2 Å². The smallest absolute Gasteiger partial charge is 0.239 e. The molecule has 0 spiro atoms. The zero-order valence-corrected chi connectivity index (χ0v) is 16.5. The first-order valence-corrected chi connectivity index (χ1v) is 11.7. The Morgan fingerprint density at radius 2 is 2.08 bits per heavy atom. The average molecular weight is 403 g/mol. The van der Waals surface area contributed by atoms with E-state index in [0.29, 0.717) is 12.3 Å². The summed E-state index contributed by atoms with van der Waals surface area (Å²) in [4.78, 5) is 20.1. The predicted octanol–water partition coefficient (Wildman–Crippen LogP) is 4.10. The molecule has 0 fully saturated rings. The molecule has 4 rings (SSSR count). The van der Waals surface area contributed by atoms with E-state index in [1.807, 2.05) is 41.1 Å². The van der Waals surface area contributed by atoms with Crippen molar-refractivity contribution in [3.63, 3.8) is 0 Å². The largest absolute Gasteiger partial charge is 0.311 e. The van der Waals surface area contributed by atoms with Gasteiger partial charge in [-0.25, -0.2) is 4.98 Å². The van der Waals surface area contributed by atoms with Crippen LogP contribution in [0.1, 0.15) is 17.7 Å². The summed E-state index contributed by atoms with van der Waals surface area (Å²) in [5.41, 5.74) is 2.95. The van der Waals surface area contributed by atoms with Crippen molar-refractivity contribution in [1.82, 2.24) is 4.98 Å². The minimum Gasteiger partial charge on any atom is -0.311 e. The van der Waals surface area contributed by atoms with Crippen molar-refractivity contribution in [2.24, 2.45) is 0 Å². The van der Waals surface area contributed by atoms with Crippen molar-refractivity contribution < 1.29 is 9.00 Å². The van der Waals surface area contributed by atoms with Crippen LogP contribution in [0.2, 0.25) is 0 Å². The van der Waals surface area contributed by atoms with Gasteiger partial charge in [0, 0.05) is 28.4 Å². The number of carbonyl (C=O) groups is 1. The highest BCUT2D eigenvalue weighted by atomic mass is 32.2. The Kier molecular flexibility index (Phi) is 5.28. The van der Waals surface area contributed by atoms with Crippen LogP contribution in [0.25, 0.3) is 9.88 Å². The van der Waals surface area contributed by atoms with E-state index in [2.05, 4.69) is 11.1 Å². The lowest BCUT2D eigenvalue weighted by Gasteiger charge is -2.29. The quantitative estimate of drug-likeness (QED) is 0.646. The Morgan fingerprint density at radius 3 is 2.92 bits per heavy atom. The molecule has 3 heterocycles. The zero-order valence-electron chi connectivity index (χ0n) is 14.1. The molecule has 1 aromatic carbocycles. The summed E-state index contributed by atoms with van der Waals surface area (Å²) in [6.07, 6.45) is 1.94. The van der Waals surface area contributed by atoms with Crippen LogP contribution in [-0.4, -0.2) is 27.4 Å². The number of benzene rings is 1. The fourth-order valence-corrected chi connectivity index (χ4v) is 5.86. The highest BCUT2D eigenvalue weighted by Gasteiger charge is 2.23. The predicted molar refractivity (Wildman–Crippen MR) is 109 cm³/mol. The first-order valence-electron chi connectivity index (χ1n) is 8.42. The van der Waals surface area contributed by atoms with Crippen LogP contribution in [0.5, 0.6) is 0 Å². The molecule has 134 valence electrons. The molecule has 1 aliphatic rings. The number of aromatic nitrogens is 1. The molecule has 1 amide bonds. The molecule has 2 aromatic heterocycles. The maximum Gasteiger partial charge on any atom is 0.239 e. The van der Waals surface area contributed by atoms with E-state index in [1.165, 1.54) is 5.56 Å². The molecule has 0 saturated carbocycles. The summed E-state index contributed by atoms with van der Waals surface area (Å²) < 4.78 is 12.5. The monoisotopic (exact) mass is 402 g/mol. The number of nitrogens with zero attached hydrogens (tertiary/aromatic N) is 2. The Labute approximate surface area is 163 Å². The molecule has 4 nitrogen and oxygen atoms in total. The van der Waals surface area contributed by atoms with Gasteiger partial charge in [-0.1, -0.05) is 24.3 Å². The van der Waals surface area contributed by atoms with Crippen LogP contribution in [0.3, 0.4) is 0 Å². The number of para-hydroxylation sites is 1. The molecule has 0 bridgehead atoms. The van der Waals surface area contributed by atoms with E-state index < -0.39 is 10.8 Å². The van der Waals surface area contributed by atoms with E-state index >= 15 is 0 Å². The lowest BCUT2D eigenvalue weighted by Crippen LogP contribution is -2.38. The highest BCUT2D eigenvalue weighted by Crippen LogP contribution is 2.29. The fourth-order valence-electron chi connectivity index (χ4n) is 3.11. The van der Waals surface area contributed by atoms with E-state index in [-0.39, 0.29) is 11.7 Å². The molecule has 1 atom stereocenters. The number of thiophene rings is 1. The Bertz CT molecular complexity index is 934. The lowest BCUT2D eigenvalue weighted by molar-refractivity contribution is -0.116. The van der Waals surface area contributed by atoms with E-state index in [9.17, 15) is 9.00 Å². The molecule has 0 N–H and O–H groups in total. The number of hydrogen-bond donors (Lipinski definition) is 0. The molecule has 26 heavy (non-hydrogen) atoms. The highest BCUT2D eigenvalue weighted by molar-refractivity contribution is 7.85. The summed E-state index contributed by atoms with van der Waals surface area (Å²) in [7, 11) is -1.26. The average Bonchev–Trinajstić information content (AvgIpc) is 3.32. The number of carbonyl (C=O) groups excluding carboxylic acids is 1. The van der Waals surface area contributed by atoms with Crippen LogP contribution in [-0.2, 0) is 27.8 Å². The van der Waals surface area contributed by atoms with Gasteiger partial charge in [-0.3, -0.25) is 9.00 Å². The molecule has 0 saturated heterocycles. The van der Waals surface area contributed by atoms with E-state index in [1.54, 1.807) is 27.6 Å². The summed E-state index contributed by atoms with van der Waals surface area (Å²) in [6.45, 7) is 0.701. The molecule has 1 aliphatic heterocycles. The Hall–Kier alpha value is -1.83. The molecular weight excluding hydrogens is 384 g/mol.